The minimum Gasteiger partial charge on any atom is -0.395 e. The number of carbonyl (C=O) groups excluding carboxylic acids is 1. The van der Waals surface area contributed by atoms with E-state index in [0.717, 1.165) is 18.1 Å². The lowest BCUT2D eigenvalue weighted by Gasteiger charge is -2.06. The molecule has 4 nitrogen and oxygen atoms in total. The van der Waals surface area contributed by atoms with Crippen LogP contribution in [-0.4, -0.2) is 37.4 Å². The molecule has 1 aromatic carbocycles. The van der Waals surface area contributed by atoms with E-state index in [0.29, 0.717) is 25.1 Å². The highest BCUT2D eigenvalue weighted by Gasteiger charge is 2.20. The maximum atomic E-state index is 12.0. The van der Waals surface area contributed by atoms with Gasteiger partial charge in [-0.2, -0.15) is 0 Å². The Kier molecular flexibility index (Phi) is 6.26. The highest BCUT2D eigenvalue weighted by Crippen LogP contribution is 2.28. The largest absolute Gasteiger partial charge is 0.395 e. The molecule has 0 aromatic heterocycles. The van der Waals surface area contributed by atoms with Gasteiger partial charge in [0, 0.05) is 30.7 Å². The zero-order valence-corrected chi connectivity index (χ0v) is 12.1. The molecule has 1 fully saturated rings. The monoisotopic (exact) mass is 287 g/mol. The van der Waals surface area contributed by atoms with Crippen LogP contribution in [0.25, 0.3) is 0 Å². The number of carbonyl (C=O) groups is 1. The number of amides is 1. The molecule has 0 atom stereocenters. The Hall–Kier alpha value is -1.83. The van der Waals surface area contributed by atoms with Gasteiger partial charge in [-0.15, -0.1) is 0 Å². The van der Waals surface area contributed by atoms with Gasteiger partial charge >= 0.3 is 0 Å². The van der Waals surface area contributed by atoms with Gasteiger partial charge in [-0.3, -0.25) is 4.79 Å². The molecule has 2 rings (SSSR count). The van der Waals surface area contributed by atoms with Crippen molar-refractivity contribution in [2.24, 2.45) is 5.92 Å². The highest BCUT2D eigenvalue weighted by molar-refractivity contribution is 5.94. The lowest BCUT2D eigenvalue weighted by Crippen LogP contribution is -2.27. The fourth-order valence-electron chi connectivity index (χ4n) is 1.83. The van der Waals surface area contributed by atoms with Crippen LogP contribution in [-0.2, 0) is 4.74 Å². The van der Waals surface area contributed by atoms with Crippen molar-refractivity contribution in [1.29, 1.82) is 0 Å². The first-order chi connectivity index (χ1) is 10.3. The predicted molar refractivity (Wildman–Crippen MR) is 80.9 cm³/mol. The second-order valence-corrected chi connectivity index (χ2v) is 5.13. The van der Waals surface area contributed by atoms with Gasteiger partial charge in [-0.05, 0) is 37.0 Å². The molecule has 2 N–H and O–H groups in total. The summed E-state index contributed by atoms with van der Waals surface area (Å²) in [5.74, 6) is 6.39. The summed E-state index contributed by atoms with van der Waals surface area (Å²) in [6.45, 7) is 1.93. The second-order valence-electron chi connectivity index (χ2n) is 5.13. The number of hydrogen-bond acceptors (Lipinski definition) is 3. The molecule has 1 amide bonds. The van der Waals surface area contributed by atoms with E-state index in [2.05, 4.69) is 17.2 Å². The van der Waals surface area contributed by atoms with E-state index in [1.165, 1.54) is 12.8 Å². The van der Waals surface area contributed by atoms with E-state index in [-0.39, 0.29) is 12.5 Å². The van der Waals surface area contributed by atoms with E-state index < -0.39 is 0 Å². The fraction of sp³-hybridized carbons (Fsp3) is 0.471. The predicted octanol–water partition coefficient (Wildman–Crippen LogP) is 1.58. The number of hydrogen-bond donors (Lipinski definition) is 2. The third-order valence-electron chi connectivity index (χ3n) is 3.18. The van der Waals surface area contributed by atoms with Crippen molar-refractivity contribution in [3.63, 3.8) is 0 Å². The van der Waals surface area contributed by atoms with Gasteiger partial charge in [0.15, 0.2) is 0 Å². The van der Waals surface area contributed by atoms with Crippen LogP contribution in [0, 0.1) is 17.8 Å². The van der Waals surface area contributed by atoms with Gasteiger partial charge in [-0.25, -0.2) is 0 Å². The van der Waals surface area contributed by atoms with Crippen LogP contribution in [0.1, 0.15) is 35.2 Å². The Labute approximate surface area is 125 Å². The quantitative estimate of drug-likeness (QED) is 0.591. The summed E-state index contributed by atoms with van der Waals surface area (Å²) in [6, 6.07) is 7.17. The molecule has 1 saturated carbocycles. The normalized spacial score (nSPS) is 13.4. The summed E-state index contributed by atoms with van der Waals surface area (Å²) in [5, 5.41) is 11.5. The van der Waals surface area contributed by atoms with Gasteiger partial charge in [0.1, 0.15) is 0 Å². The molecule has 0 spiro atoms. The average Bonchev–Trinajstić information content (AvgIpc) is 3.31. The second kappa shape index (κ2) is 8.46. The van der Waals surface area contributed by atoms with Crippen LogP contribution in [0.3, 0.4) is 0 Å². The average molecular weight is 287 g/mol. The summed E-state index contributed by atoms with van der Waals surface area (Å²) in [4.78, 5) is 12.0. The third-order valence-corrected chi connectivity index (χ3v) is 3.18. The molecule has 0 bridgehead atoms. The zero-order valence-electron chi connectivity index (χ0n) is 12.1. The molecule has 0 unspecified atom stereocenters. The van der Waals surface area contributed by atoms with Crippen molar-refractivity contribution < 1.29 is 14.6 Å². The van der Waals surface area contributed by atoms with E-state index in [1.54, 1.807) is 12.1 Å². The van der Waals surface area contributed by atoms with E-state index >= 15 is 0 Å². The lowest BCUT2D eigenvalue weighted by atomic mass is 10.1. The van der Waals surface area contributed by atoms with Crippen LogP contribution in [0.15, 0.2) is 24.3 Å². The molecule has 1 aliphatic carbocycles. The molecule has 0 aliphatic heterocycles. The van der Waals surface area contributed by atoms with E-state index in [4.69, 9.17) is 9.84 Å². The molecular formula is C17H21NO3. The number of nitrogens with one attached hydrogen (secondary N) is 1. The number of ether oxygens (including phenoxy) is 1. The van der Waals surface area contributed by atoms with Crippen molar-refractivity contribution in [2.75, 3.05) is 26.4 Å². The first-order valence-electron chi connectivity index (χ1n) is 7.35. The fourth-order valence-corrected chi connectivity index (χ4v) is 1.83. The third kappa shape index (κ3) is 5.99. The molecule has 4 heteroatoms. The number of rotatable bonds is 7. The van der Waals surface area contributed by atoms with Gasteiger partial charge in [0.05, 0.1) is 13.2 Å². The van der Waals surface area contributed by atoms with Crippen molar-refractivity contribution in [3.05, 3.63) is 35.4 Å². The molecule has 1 aliphatic rings. The maximum absolute atomic E-state index is 12.0. The standard InChI is InChI=1S/C17H21NO3/c19-10-2-1-4-14-5-3-6-16(12-14)17(20)18-9-11-21-13-15-7-8-15/h3,5-6,12,15,19H,2,7-11,13H2,(H,18,20). The Morgan fingerprint density at radius 1 is 1.43 bits per heavy atom. The lowest BCUT2D eigenvalue weighted by molar-refractivity contribution is 0.0906. The van der Waals surface area contributed by atoms with E-state index in [9.17, 15) is 4.79 Å². The Morgan fingerprint density at radius 3 is 3.05 bits per heavy atom. The maximum Gasteiger partial charge on any atom is 0.251 e. The Morgan fingerprint density at radius 2 is 2.29 bits per heavy atom. The number of aliphatic hydroxyl groups excluding tert-OH is 1. The van der Waals surface area contributed by atoms with Crippen molar-refractivity contribution in [3.8, 4) is 11.8 Å². The summed E-state index contributed by atoms with van der Waals surface area (Å²) >= 11 is 0. The first-order valence-corrected chi connectivity index (χ1v) is 7.35. The molecular weight excluding hydrogens is 266 g/mol. The summed E-state index contributed by atoms with van der Waals surface area (Å²) in [5.41, 5.74) is 1.37. The smallest absolute Gasteiger partial charge is 0.251 e. The minimum atomic E-state index is -0.115. The van der Waals surface area contributed by atoms with Crippen LogP contribution < -0.4 is 5.32 Å². The summed E-state index contributed by atoms with van der Waals surface area (Å²) in [7, 11) is 0. The van der Waals surface area contributed by atoms with Gasteiger partial charge in [0.25, 0.3) is 5.91 Å². The van der Waals surface area contributed by atoms with Crippen molar-refractivity contribution in [1.82, 2.24) is 5.32 Å². The topological polar surface area (TPSA) is 58.6 Å². The van der Waals surface area contributed by atoms with Crippen LogP contribution in [0.5, 0.6) is 0 Å². The minimum absolute atomic E-state index is 0.0496. The van der Waals surface area contributed by atoms with E-state index in [1.807, 2.05) is 12.1 Å². The Balaban J connectivity index is 1.75. The Bertz CT molecular complexity index is 526. The molecule has 112 valence electrons. The number of aliphatic hydroxyl groups is 1. The number of benzene rings is 1. The summed E-state index contributed by atoms with van der Waals surface area (Å²) < 4.78 is 5.47. The summed E-state index contributed by atoms with van der Waals surface area (Å²) in [6.07, 6.45) is 2.99. The molecule has 0 saturated heterocycles. The van der Waals surface area contributed by atoms with Gasteiger partial charge in [-0.1, -0.05) is 17.9 Å². The van der Waals surface area contributed by atoms with Gasteiger partial charge in [0.2, 0.25) is 0 Å². The SMILES string of the molecule is O=C(NCCOCC1CC1)c1cccc(C#CCCO)c1. The molecule has 1 aromatic rings. The van der Waals surface area contributed by atoms with Crippen LogP contribution >= 0.6 is 0 Å². The van der Waals surface area contributed by atoms with Gasteiger partial charge < -0.3 is 15.2 Å². The van der Waals surface area contributed by atoms with Crippen molar-refractivity contribution >= 4 is 5.91 Å². The zero-order chi connectivity index (χ0) is 14.9. The van der Waals surface area contributed by atoms with Crippen molar-refractivity contribution in [2.45, 2.75) is 19.3 Å². The van der Waals surface area contributed by atoms with Crippen LogP contribution in [0.4, 0.5) is 0 Å². The molecule has 0 heterocycles. The highest BCUT2D eigenvalue weighted by atomic mass is 16.5. The molecule has 0 radical (unpaired) electrons. The first kappa shape index (κ1) is 15.6. The molecule has 21 heavy (non-hydrogen) atoms. The van der Waals surface area contributed by atoms with Crippen LogP contribution in [0.2, 0.25) is 0 Å².